The van der Waals surface area contributed by atoms with E-state index in [0.29, 0.717) is 11.6 Å². The molecule has 0 bridgehead atoms. The van der Waals surface area contributed by atoms with Crippen molar-refractivity contribution in [3.05, 3.63) is 28.7 Å². The third kappa shape index (κ3) is 3.35. The molecule has 3 N–H and O–H groups in total. The minimum Gasteiger partial charge on any atom is -0.474 e. The predicted octanol–water partition coefficient (Wildman–Crippen LogP) is 2.62. The largest absolute Gasteiger partial charge is 0.474 e. The minimum atomic E-state index is -3.62. The average Bonchev–Trinajstić information content (AvgIpc) is 3.25. The Morgan fingerprint density at radius 1 is 1.43 bits per heavy atom. The van der Waals surface area contributed by atoms with Gasteiger partial charge in [0.2, 0.25) is 5.88 Å². The first kappa shape index (κ1) is 19.4. The second-order valence-corrected chi connectivity index (χ2v) is 9.80. The Kier molecular flexibility index (Phi) is 4.55. The highest BCUT2D eigenvalue weighted by Crippen LogP contribution is 2.44. The van der Waals surface area contributed by atoms with Crippen molar-refractivity contribution < 1.29 is 18.1 Å². The molecular formula is C19H23FN6O3S. The van der Waals surface area contributed by atoms with E-state index in [1.54, 1.807) is 0 Å². The number of fused-ring (bicyclic) bond motifs is 2. The number of anilines is 1. The first-order valence-electron chi connectivity index (χ1n) is 10.0. The number of halogens is 1. The average molecular weight is 434 g/mol. The number of urea groups is 1. The molecule has 5 rings (SSSR count). The molecule has 0 saturated heterocycles. The molecule has 1 saturated carbocycles. The summed E-state index contributed by atoms with van der Waals surface area (Å²) in [4.78, 5) is 17.5. The van der Waals surface area contributed by atoms with Gasteiger partial charge in [-0.15, -0.1) is 4.36 Å². The quantitative estimate of drug-likeness (QED) is 0.768. The number of nitrogens with two attached hydrogens (primary N) is 1. The number of alkyl halides is 1. The lowest BCUT2D eigenvalue weighted by atomic mass is 10.0. The van der Waals surface area contributed by atoms with Crippen molar-refractivity contribution in [1.29, 1.82) is 0 Å². The molecule has 1 fully saturated rings. The zero-order valence-corrected chi connectivity index (χ0v) is 17.4. The van der Waals surface area contributed by atoms with Gasteiger partial charge in [0.05, 0.1) is 18.4 Å². The number of amides is 2. The molecule has 2 aromatic heterocycles. The van der Waals surface area contributed by atoms with Crippen LogP contribution in [-0.2, 0) is 29.3 Å². The number of rotatable bonds is 3. The van der Waals surface area contributed by atoms with Gasteiger partial charge >= 0.3 is 6.03 Å². The van der Waals surface area contributed by atoms with E-state index >= 15 is 0 Å². The van der Waals surface area contributed by atoms with Gasteiger partial charge in [0.25, 0.3) is 0 Å². The molecule has 2 unspecified atom stereocenters. The van der Waals surface area contributed by atoms with Crippen LogP contribution in [0.5, 0.6) is 5.88 Å². The maximum absolute atomic E-state index is 13.5. The maximum Gasteiger partial charge on any atom is 0.354 e. The van der Waals surface area contributed by atoms with Crippen molar-refractivity contribution in [2.45, 2.75) is 62.6 Å². The Balaban J connectivity index is 1.47. The lowest BCUT2D eigenvalue weighted by Crippen LogP contribution is -2.28. The molecule has 30 heavy (non-hydrogen) atoms. The van der Waals surface area contributed by atoms with Crippen LogP contribution in [-0.4, -0.2) is 37.8 Å². The van der Waals surface area contributed by atoms with Crippen molar-refractivity contribution in [2.75, 3.05) is 11.9 Å². The van der Waals surface area contributed by atoms with E-state index in [-0.39, 0.29) is 23.9 Å². The molecule has 11 heteroatoms. The number of aryl methyl sites for hydroxylation is 1. The minimum absolute atomic E-state index is 0.0140. The highest BCUT2D eigenvalue weighted by molar-refractivity contribution is 7.91. The summed E-state index contributed by atoms with van der Waals surface area (Å²) in [6.07, 6.45) is 4.92. The van der Waals surface area contributed by atoms with Gasteiger partial charge in [0.15, 0.2) is 16.1 Å². The topological polar surface area (TPSA) is 124 Å². The fourth-order valence-corrected chi connectivity index (χ4v) is 5.18. The number of nitrogens with one attached hydrogen (secondary N) is 1. The third-order valence-corrected chi connectivity index (χ3v) is 7.11. The van der Waals surface area contributed by atoms with Crippen LogP contribution in [0.25, 0.3) is 0 Å². The molecule has 2 aliphatic carbocycles. The molecule has 2 amide bonds. The maximum atomic E-state index is 13.5. The van der Waals surface area contributed by atoms with Crippen LogP contribution in [0.2, 0.25) is 0 Å². The van der Waals surface area contributed by atoms with Crippen molar-refractivity contribution in [3.63, 3.8) is 0 Å². The number of pyridine rings is 1. The van der Waals surface area contributed by atoms with Crippen LogP contribution in [0, 0.1) is 6.92 Å². The van der Waals surface area contributed by atoms with E-state index < -0.39 is 22.1 Å². The van der Waals surface area contributed by atoms with Crippen molar-refractivity contribution in [1.82, 2.24) is 14.8 Å². The molecular weight excluding hydrogens is 411 g/mol. The van der Waals surface area contributed by atoms with Gasteiger partial charge in [-0.1, -0.05) is 0 Å². The first-order chi connectivity index (χ1) is 14.3. The van der Waals surface area contributed by atoms with Crippen LogP contribution in [0.3, 0.4) is 0 Å². The van der Waals surface area contributed by atoms with E-state index in [0.717, 1.165) is 54.6 Å². The number of carbonyl (C=O) groups is 1. The van der Waals surface area contributed by atoms with E-state index in [4.69, 9.17) is 14.9 Å². The molecule has 2 atom stereocenters. The number of carbonyl (C=O) groups excluding carboxylic acids is 1. The second kappa shape index (κ2) is 7.02. The summed E-state index contributed by atoms with van der Waals surface area (Å²) < 4.78 is 36.8. The van der Waals surface area contributed by atoms with Crippen LogP contribution in [0.15, 0.2) is 15.5 Å². The summed E-state index contributed by atoms with van der Waals surface area (Å²) in [6, 6.07) is -0.799. The fourth-order valence-electron chi connectivity index (χ4n) is 4.17. The molecule has 3 heterocycles. The summed E-state index contributed by atoms with van der Waals surface area (Å²) in [5.41, 5.74) is 4.71. The molecule has 0 aromatic carbocycles. The Morgan fingerprint density at radius 3 is 3.00 bits per heavy atom. The van der Waals surface area contributed by atoms with Gasteiger partial charge in [0.1, 0.15) is 11.5 Å². The van der Waals surface area contributed by atoms with Gasteiger partial charge in [-0.05, 0) is 50.2 Å². The number of ether oxygens (including phenoxy) is 1. The summed E-state index contributed by atoms with van der Waals surface area (Å²) in [5.74, 6) is 0.530. The lowest BCUT2D eigenvalue weighted by molar-refractivity contribution is 0.122. The Morgan fingerprint density at radius 2 is 2.23 bits per heavy atom. The summed E-state index contributed by atoms with van der Waals surface area (Å²) in [5, 5.41) is 12.7. The lowest BCUT2D eigenvalue weighted by Gasteiger charge is -2.19. The van der Waals surface area contributed by atoms with Crippen LogP contribution < -0.4 is 15.2 Å². The molecule has 1 aliphatic heterocycles. The Bertz CT molecular complexity index is 1170. The summed E-state index contributed by atoms with van der Waals surface area (Å²) in [7, 11) is -3.62. The molecule has 3 aliphatic rings. The highest BCUT2D eigenvalue weighted by atomic mass is 32.2. The van der Waals surface area contributed by atoms with E-state index in [2.05, 4.69) is 14.8 Å². The number of nitrogens with zero attached hydrogens (tertiary/aromatic N) is 4. The number of aromatic nitrogens is 3. The first-order valence-corrected chi connectivity index (χ1v) is 11.6. The SMILES string of the molecule is Cc1c(C2CC2)nc2c(c1NC(=O)N=S(N)(=O)c1cnn3c1OCC(F)C3)CCC2. The highest BCUT2D eigenvalue weighted by Gasteiger charge is 2.32. The predicted molar refractivity (Wildman–Crippen MR) is 108 cm³/mol. The van der Waals surface area contributed by atoms with Crippen LogP contribution in [0.4, 0.5) is 14.9 Å². The zero-order chi connectivity index (χ0) is 21.0. The second-order valence-electron chi connectivity index (χ2n) is 8.04. The van der Waals surface area contributed by atoms with E-state index in [1.165, 1.54) is 10.9 Å². The van der Waals surface area contributed by atoms with Gasteiger partial charge in [-0.3, -0.25) is 4.98 Å². The normalized spacial score (nSPS) is 21.9. The summed E-state index contributed by atoms with van der Waals surface area (Å²) >= 11 is 0. The van der Waals surface area contributed by atoms with Gasteiger partial charge in [0, 0.05) is 17.3 Å². The molecule has 2 aromatic rings. The van der Waals surface area contributed by atoms with Gasteiger partial charge in [-0.25, -0.2) is 23.2 Å². The zero-order valence-electron chi connectivity index (χ0n) is 16.6. The van der Waals surface area contributed by atoms with Crippen LogP contribution in [0.1, 0.15) is 47.7 Å². The van der Waals surface area contributed by atoms with Gasteiger partial charge in [-0.2, -0.15) is 5.10 Å². The Hall–Kier alpha value is -2.53. The standard InChI is InChI=1S/C19H23FN6O3S/c1-10-16(11-5-6-11)23-14-4-2-3-13(14)17(10)24-19(27)25-30(21,28)15-7-22-26-8-12(20)9-29-18(15)26/h7,11-12H,2-6,8-9H2,1H3,(H3,21,23,24,25,27,28). The van der Waals surface area contributed by atoms with E-state index in [9.17, 15) is 13.4 Å². The number of hydrogen-bond acceptors (Lipinski definition) is 5. The molecule has 0 spiro atoms. The number of hydrogen-bond donors (Lipinski definition) is 2. The Labute approximate surface area is 173 Å². The monoisotopic (exact) mass is 434 g/mol. The van der Waals surface area contributed by atoms with Gasteiger partial charge < -0.3 is 10.1 Å². The molecule has 160 valence electrons. The summed E-state index contributed by atoms with van der Waals surface area (Å²) in [6.45, 7) is 1.74. The van der Waals surface area contributed by atoms with Crippen LogP contribution >= 0.6 is 0 Å². The molecule has 9 nitrogen and oxygen atoms in total. The third-order valence-electron chi connectivity index (χ3n) is 5.77. The molecule has 0 radical (unpaired) electrons. The van der Waals surface area contributed by atoms with Crippen molar-refractivity contribution in [3.8, 4) is 5.88 Å². The van der Waals surface area contributed by atoms with Crippen molar-refractivity contribution in [2.24, 2.45) is 9.50 Å². The van der Waals surface area contributed by atoms with E-state index in [1.807, 2.05) is 6.92 Å². The smallest absolute Gasteiger partial charge is 0.354 e. The fraction of sp³-hybridized carbons (Fsp3) is 0.526. The van der Waals surface area contributed by atoms with Crippen molar-refractivity contribution >= 4 is 21.6 Å².